The van der Waals surface area contributed by atoms with Gasteiger partial charge in [-0.3, -0.25) is 14.4 Å². The van der Waals surface area contributed by atoms with Crippen molar-refractivity contribution in [2.75, 3.05) is 13.2 Å². The van der Waals surface area contributed by atoms with Crippen molar-refractivity contribution in [3.63, 3.8) is 0 Å². The van der Waals surface area contributed by atoms with Gasteiger partial charge in [0.1, 0.15) is 13.2 Å². The lowest BCUT2D eigenvalue weighted by Gasteiger charge is -2.18. The molecule has 0 saturated heterocycles. The Morgan fingerprint density at radius 3 is 0.912 bits per heavy atom. The van der Waals surface area contributed by atoms with E-state index in [1.54, 1.807) is 0 Å². The fourth-order valence-electron chi connectivity index (χ4n) is 7.52. The van der Waals surface area contributed by atoms with E-state index in [9.17, 15) is 14.4 Å². The zero-order valence-electron chi connectivity index (χ0n) is 39.1. The highest BCUT2D eigenvalue weighted by Crippen LogP contribution is 2.18. The summed E-state index contributed by atoms with van der Waals surface area (Å²) in [5, 5.41) is 0. The second kappa shape index (κ2) is 42.5. The highest BCUT2D eigenvalue weighted by molar-refractivity contribution is 5.71. The van der Waals surface area contributed by atoms with Crippen LogP contribution in [-0.2, 0) is 28.6 Å². The lowest BCUT2D eigenvalue weighted by molar-refractivity contribution is -0.167. The summed E-state index contributed by atoms with van der Waals surface area (Å²) in [6.07, 6.45) is 40.9. The molecule has 3 atom stereocenters. The van der Waals surface area contributed by atoms with Crippen molar-refractivity contribution in [1.29, 1.82) is 0 Å². The smallest absolute Gasteiger partial charge is 0.306 e. The number of hydrogen-bond acceptors (Lipinski definition) is 6. The highest BCUT2D eigenvalue weighted by atomic mass is 16.6. The molecule has 0 bridgehead atoms. The topological polar surface area (TPSA) is 78.9 Å². The van der Waals surface area contributed by atoms with Crippen LogP contribution in [0.15, 0.2) is 0 Å². The van der Waals surface area contributed by atoms with E-state index in [4.69, 9.17) is 14.2 Å². The summed E-state index contributed by atoms with van der Waals surface area (Å²) in [5.41, 5.74) is 0. The van der Waals surface area contributed by atoms with Gasteiger partial charge in [0.15, 0.2) is 6.10 Å². The first-order valence-corrected chi connectivity index (χ1v) is 25.2. The molecule has 0 amide bonds. The molecule has 6 heteroatoms. The standard InChI is InChI=1S/C51H98O6/c1-7-46(5)38-32-26-19-15-13-11-9-10-12-14-16-21-28-34-40-49(52)55-43-48(57-51(54)42-36-30-24-23-25-31-37-45(3)4)44-56-50(53)41-35-29-22-18-17-20-27-33-39-47(6)8-2/h45-48H,7-44H2,1-6H3/t46?,47?,48-/m0/s1. The Kier molecular flexibility index (Phi) is 41.3. The minimum atomic E-state index is -0.763. The molecule has 0 radical (unpaired) electrons. The molecule has 0 N–H and O–H groups in total. The Bertz CT molecular complexity index is 887. The van der Waals surface area contributed by atoms with Crippen LogP contribution in [0, 0.1) is 17.8 Å². The number of hydrogen-bond donors (Lipinski definition) is 0. The van der Waals surface area contributed by atoms with Crippen molar-refractivity contribution in [2.24, 2.45) is 17.8 Å². The summed E-state index contributed by atoms with van der Waals surface area (Å²) in [7, 11) is 0. The number of rotatable bonds is 44. The SMILES string of the molecule is CCC(C)CCCCCCCCCCCCCCCCC(=O)OC[C@@H](COC(=O)CCCCCCCCCCC(C)CC)OC(=O)CCCCCCCCC(C)C. The van der Waals surface area contributed by atoms with Crippen molar-refractivity contribution in [1.82, 2.24) is 0 Å². The third-order valence-electron chi connectivity index (χ3n) is 12.1. The minimum Gasteiger partial charge on any atom is -0.462 e. The van der Waals surface area contributed by atoms with E-state index in [0.29, 0.717) is 19.3 Å². The zero-order chi connectivity index (χ0) is 42.0. The maximum absolute atomic E-state index is 12.7. The van der Waals surface area contributed by atoms with Crippen LogP contribution in [0.2, 0.25) is 0 Å². The van der Waals surface area contributed by atoms with E-state index in [2.05, 4.69) is 41.5 Å². The average Bonchev–Trinajstić information content (AvgIpc) is 3.19. The van der Waals surface area contributed by atoms with Gasteiger partial charge in [-0.2, -0.15) is 0 Å². The Labute approximate surface area is 355 Å². The third kappa shape index (κ3) is 42.3. The summed E-state index contributed by atoms with van der Waals surface area (Å²) in [4.78, 5) is 37.8. The molecule has 0 fully saturated rings. The van der Waals surface area contributed by atoms with E-state index in [0.717, 1.165) is 75.5 Å². The van der Waals surface area contributed by atoms with Crippen molar-refractivity contribution in [3.05, 3.63) is 0 Å². The second-order valence-electron chi connectivity index (χ2n) is 18.4. The van der Waals surface area contributed by atoms with Gasteiger partial charge in [-0.1, -0.05) is 234 Å². The van der Waals surface area contributed by atoms with Crippen LogP contribution in [0.4, 0.5) is 0 Å². The van der Waals surface area contributed by atoms with Gasteiger partial charge in [0.2, 0.25) is 0 Å². The lowest BCUT2D eigenvalue weighted by atomic mass is 9.99. The van der Waals surface area contributed by atoms with Gasteiger partial charge in [-0.15, -0.1) is 0 Å². The first kappa shape index (κ1) is 55.4. The number of unbranched alkanes of at least 4 members (excludes halogenated alkanes) is 25. The predicted octanol–water partition coefficient (Wildman–Crippen LogP) is 16.0. The molecule has 0 aliphatic heterocycles. The fraction of sp³-hybridized carbons (Fsp3) is 0.941. The zero-order valence-corrected chi connectivity index (χ0v) is 39.1. The molecule has 57 heavy (non-hydrogen) atoms. The van der Waals surface area contributed by atoms with E-state index >= 15 is 0 Å². The third-order valence-corrected chi connectivity index (χ3v) is 12.1. The van der Waals surface area contributed by atoms with Crippen LogP contribution in [0.1, 0.15) is 273 Å². The van der Waals surface area contributed by atoms with E-state index in [1.807, 2.05) is 0 Å². The predicted molar refractivity (Wildman–Crippen MR) is 243 cm³/mol. The van der Waals surface area contributed by atoms with Crippen LogP contribution >= 0.6 is 0 Å². The van der Waals surface area contributed by atoms with Gasteiger partial charge in [0.05, 0.1) is 0 Å². The Morgan fingerprint density at radius 1 is 0.351 bits per heavy atom. The van der Waals surface area contributed by atoms with Crippen LogP contribution in [0.3, 0.4) is 0 Å². The van der Waals surface area contributed by atoms with E-state index in [-0.39, 0.29) is 31.1 Å². The largest absolute Gasteiger partial charge is 0.462 e. The summed E-state index contributed by atoms with van der Waals surface area (Å²) >= 11 is 0. The van der Waals surface area contributed by atoms with Gasteiger partial charge in [-0.05, 0) is 37.0 Å². The van der Waals surface area contributed by atoms with Crippen molar-refractivity contribution < 1.29 is 28.6 Å². The first-order valence-electron chi connectivity index (χ1n) is 25.2. The number of esters is 3. The molecule has 0 aliphatic carbocycles. The average molecular weight is 807 g/mol. The maximum atomic E-state index is 12.7. The summed E-state index contributed by atoms with van der Waals surface area (Å²) < 4.78 is 16.8. The maximum Gasteiger partial charge on any atom is 0.306 e. The molecular weight excluding hydrogens is 709 g/mol. The molecule has 0 rings (SSSR count). The van der Waals surface area contributed by atoms with E-state index in [1.165, 1.54) is 154 Å². The van der Waals surface area contributed by atoms with Crippen LogP contribution in [0.25, 0.3) is 0 Å². The summed E-state index contributed by atoms with van der Waals surface area (Å²) in [6, 6.07) is 0. The molecule has 0 aromatic heterocycles. The van der Waals surface area contributed by atoms with Crippen LogP contribution < -0.4 is 0 Å². The monoisotopic (exact) mass is 807 g/mol. The Hall–Kier alpha value is -1.59. The fourth-order valence-corrected chi connectivity index (χ4v) is 7.52. The normalized spacial score (nSPS) is 13.1. The van der Waals surface area contributed by atoms with Gasteiger partial charge >= 0.3 is 17.9 Å². The van der Waals surface area contributed by atoms with Crippen molar-refractivity contribution in [3.8, 4) is 0 Å². The van der Waals surface area contributed by atoms with Gasteiger partial charge < -0.3 is 14.2 Å². The van der Waals surface area contributed by atoms with Gasteiger partial charge in [-0.25, -0.2) is 0 Å². The molecule has 0 spiro atoms. The van der Waals surface area contributed by atoms with Crippen LogP contribution in [0.5, 0.6) is 0 Å². The first-order chi connectivity index (χ1) is 27.7. The molecule has 338 valence electrons. The molecule has 0 heterocycles. The number of ether oxygens (including phenoxy) is 3. The second-order valence-corrected chi connectivity index (χ2v) is 18.4. The molecule has 0 aromatic rings. The van der Waals surface area contributed by atoms with Crippen molar-refractivity contribution in [2.45, 2.75) is 279 Å². The van der Waals surface area contributed by atoms with Gasteiger partial charge in [0.25, 0.3) is 0 Å². The minimum absolute atomic E-state index is 0.0662. The number of carbonyl (C=O) groups is 3. The molecule has 0 aliphatic rings. The summed E-state index contributed by atoms with van der Waals surface area (Å²) in [6.45, 7) is 13.7. The van der Waals surface area contributed by atoms with Crippen LogP contribution in [-0.4, -0.2) is 37.2 Å². The Balaban J connectivity index is 4.25. The highest BCUT2D eigenvalue weighted by Gasteiger charge is 2.19. The molecular formula is C51H98O6. The quantitative estimate of drug-likeness (QED) is 0.0347. The van der Waals surface area contributed by atoms with E-state index < -0.39 is 6.10 Å². The molecule has 0 saturated carbocycles. The molecule has 2 unspecified atom stereocenters. The molecule has 0 aromatic carbocycles. The van der Waals surface area contributed by atoms with Crippen molar-refractivity contribution >= 4 is 17.9 Å². The lowest BCUT2D eigenvalue weighted by Crippen LogP contribution is -2.30. The summed E-state index contributed by atoms with van der Waals surface area (Å²) in [5.74, 6) is 1.64. The molecule has 6 nitrogen and oxygen atoms in total. The van der Waals surface area contributed by atoms with Gasteiger partial charge in [0, 0.05) is 19.3 Å². The Morgan fingerprint density at radius 2 is 0.614 bits per heavy atom. The number of carbonyl (C=O) groups excluding carboxylic acids is 3.